The van der Waals surface area contributed by atoms with Gasteiger partial charge in [0.2, 0.25) is 0 Å². The van der Waals surface area contributed by atoms with Gasteiger partial charge in [-0.1, -0.05) is 41.7 Å². The van der Waals surface area contributed by atoms with Crippen LogP contribution >= 0.6 is 0 Å². The zero-order valence-electron chi connectivity index (χ0n) is 13.2. The number of hydrogen-bond donors (Lipinski definition) is 0. The van der Waals surface area contributed by atoms with E-state index in [0.29, 0.717) is 6.61 Å². The molecule has 0 aliphatic rings. The molecule has 2 rings (SSSR count). The molecule has 0 saturated carbocycles. The minimum absolute atomic E-state index is 0.0995. The Balaban J connectivity index is 1.73. The van der Waals surface area contributed by atoms with Gasteiger partial charge in [0.25, 0.3) is 10.1 Å². The van der Waals surface area contributed by atoms with Crippen molar-refractivity contribution >= 4 is 10.1 Å². The first-order valence-electron chi connectivity index (χ1n) is 7.21. The Labute approximate surface area is 141 Å². The highest BCUT2D eigenvalue weighted by molar-refractivity contribution is 7.86. The summed E-state index contributed by atoms with van der Waals surface area (Å²) in [6.45, 7) is 2.06. The summed E-state index contributed by atoms with van der Waals surface area (Å²) in [5.74, 6) is 4.95. The lowest BCUT2D eigenvalue weighted by Crippen LogP contribution is -2.06. The molecule has 0 N–H and O–H groups in total. The lowest BCUT2D eigenvalue weighted by molar-refractivity contribution is 0.153. The molecule has 0 saturated heterocycles. The van der Waals surface area contributed by atoms with Crippen LogP contribution in [0.25, 0.3) is 0 Å². The molecule has 2 aromatic carbocycles. The third-order valence-electron chi connectivity index (χ3n) is 3.08. The lowest BCUT2D eigenvalue weighted by atomic mass is 10.2. The second kappa shape index (κ2) is 8.60. The van der Waals surface area contributed by atoms with Gasteiger partial charge in [-0.25, -0.2) is 4.39 Å². The molecular formula is C18H17FO4S. The lowest BCUT2D eigenvalue weighted by Gasteiger charge is -2.03. The molecule has 6 heteroatoms. The fourth-order valence-electron chi connectivity index (χ4n) is 1.78. The average Bonchev–Trinajstić information content (AvgIpc) is 2.56. The highest BCUT2D eigenvalue weighted by Gasteiger charge is 2.13. The highest BCUT2D eigenvalue weighted by Crippen LogP contribution is 2.12. The monoisotopic (exact) mass is 348 g/mol. The van der Waals surface area contributed by atoms with Gasteiger partial charge in [-0.05, 0) is 36.8 Å². The van der Waals surface area contributed by atoms with Gasteiger partial charge in [-0.2, -0.15) is 8.42 Å². The van der Waals surface area contributed by atoms with Crippen molar-refractivity contribution in [3.63, 3.8) is 0 Å². The number of rotatable bonds is 6. The van der Waals surface area contributed by atoms with Crippen LogP contribution < -0.4 is 0 Å². The molecule has 0 aromatic heterocycles. The van der Waals surface area contributed by atoms with E-state index in [0.717, 1.165) is 11.1 Å². The summed E-state index contributed by atoms with van der Waals surface area (Å²) < 4.78 is 46.6. The van der Waals surface area contributed by atoms with E-state index in [4.69, 9.17) is 8.92 Å². The Morgan fingerprint density at radius 3 is 2.25 bits per heavy atom. The van der Waals surface area contributed by atoms with Crippen molar-refractivity contribution in [1.82, 2.24) is 0 Å². The number of hydrogen-bond acceptors (Lipinski definition) is 4. The van der Waals surface area contributed by atoms with Crippen LogP contribution in [-0.2, 0) is 25.6 Å². The fraction of sp³-hybridized carbons (Fsp3) is 0.222. The van der Waals surface area contributed by atoms with Gasteiger partial charge < -0.3 is 4.74 Å². The Morgan fingerprint density at radius 1 is 0.958 bits per heavy atom. The number of benzene rings is 2. The van der Waals surface area contributed by atoms with Crippen molar-refractivity contribution in [2.45, 2.75) is 18.4 Å². The number of halogens is 1. The largest absolute Gasteiger partial charge is 0.364 e. The summed E-state index contributed by atoms with van der Waals surface area (Å²) >= 11 is 0. The summed E-state index contributed by atoms with van der Waals surface area (Å²) in [7, 11) is -3.80. The maximum Gasteiger partial charge on any atom is 0.297 e. The standard InChI is InChI=1S/C18H17FO4S/c1-15-4-10-18(11-5-15)24(20,21)23-13-3-2-12-22-14-16-6-8-17(19)9-7-16/h4-11H,12-14H2,1H3. The average molecular weight is 348 g/mol. The summed E-state index contributed by atoms with van der Waals surface area (Å²) in [5.41, 5.74) is 1.79. The maximum atomic E-state index is 12.7. The van der Waals surface area contributed by atoms with E-state index in [2.05, 4.69) is 11.8 Å². The van der Waals surface area contributed by atoms with Crippen LogP contribution in [-0.4, -0.2) is 21.6 Å². The normalized spacial score (nSPS) is 10.9. The van der Waals surface area contributed by atoms with Crippen LogP contribution in [0.4, 0.5) is 4.39 Å². The van der Waals surface area contributed by atoms with E-state index in [1.54, 1.807) is 24.3 Å². The van der Waals surface area contributed by atoms with Crippen LogP contribution in [0.3, 0.4) is 0 Å². The Morgan fingerprint density at radius 2 is 1.58 bits per heavy atom. The molecule has 24 heavy (non-hydrogen) atoms. The molecular weight excluding hydrogens is 331 g/mol. The summed E-state index contributed by atoms with van der Waals surface area (Å²) in [6, 6.07) is 12.3. The van der Waals surface area contributed by atoms with Crippen LogP contribution in [0, 0.1) is 24.6 Å². The van der Waals surface area contributed by atoms with Crippen molar-refractivity contribution in [2.24, 2.45) is 0 Å². The molecule has 0 spiro atoms. The smallest absolute Gasteiger partial charge is 0.297 e. The van der Waals surface area contributed by atoms with E-state index >= 15 is 0 Å². The van der Waals surface area contributed by atoms with Crippen molar-refractivity contribution in [3.05, 3.63) is 65.5 Å². The summed E-state index contributed by atoms with van der Waals surface area (Å²) in [5, 5.41) is 0. The van der Waals surface area contributed by atoms with Crippen molar-refractivity contribution < 1.29 is 21.7 Å². The molecule has 0 aliphatic carbocycles. The third kappa shape index (κ3) is 5.78. The molecule has 0 amide bonds. The van der Waals surface area contributed by atoms with Gasteiger partial charge in [0.15, 0.2) is 0 Å². The predicted molar refractivity (Wildman–Crippen MR) is 88.1 cm³/mol. The number of aryl methyl sites for hydroxylation is 1. The van der Waals surface area contributed by atoms with E-state index in [1.807, 2.05) is 6.92 Å². The SMILES string of the molecule is Cc1ccc(S(=O)(=O)OCC#CCOCc2ccc(F)cc2)cc1. The molecule has 0 fully saturated rings. The van der Waals surface area contributed by atoms with E-state index in [-0.39, 0.29) is 23.9 Å². The van der Waals surface area contributed by atoms with Gasteiger partial charge in [0.05, 0.1) is 11.5 Å². The topological polar surface area (TPSA) is 52.6 Å². The summed E-state index contributed by atoms with van der Waals surface area (Å²) in [4.78, 5) is 0.0995. The van der Waals surface area contributed by atoms with Crippen LogP contribution in [0.2, 0.25) is 0 Å². The molecule has 0 atom stereocenters. The third-order valence-corrected chi connectivity index (χ3v) is 4.35. The zero-order chi connectivity index (χ0) is 17.4. The quantitative estimate of drug-likeness (QED) is 0.457. The van der Waals surface area contributed by atoms with Crippen molar-refractivity contribution in [1.29, 1.82) is 0 Å². The van der Waals surface area contributed by atoms with E-state index < -0.39 is 10.1 Å². The van der Waals surface area contributed by atoms with Gasteiger partial charge in [-0.15, -0.1) is 0 Å². The van der Waals surface area contributed by atoms with Crippen LogP contribution in [0.1, 0.15) is 11.1 Å². The first kappa shape index (κ1) is 18.1. The second-order valence-electron chi connectivity index (χ2n) is 5.00. The number of ether oxygens (including phenoxy) is 1. The highest BCUT2D eigenvalue weighted by atomic mass is 32.2. The molecule has 2 aromatic rings. The molecule has 0 aliphatic heterocycles. The Hall–Kier alpha value is -2.20. The van der Waals surface area contributed by atoms with Crippen LogP contribution in [0.15, 0.2) is 53.4 Å². The van der Waals surface area contributed by atoms with Gasteiger partial charge in [0.1, 0.15) is 19.0 Å². The molecule has 126 valence electrons. The van der Waals surface area contributed by atoms with E-state index in [1.165, 1.54) is 24.3 Å². The zero-order valence-corrected chi connectivity index (χ0v) is 14.0. The van der Waals surface area contributed by atoms with Gasteiger partial charge >= 0.3 is 0 Å². The fourth-order valence-corrected chi connectivity index (χ4v) is 2.60. The molecule has 0 unspecified atom stereocenters. The van der Waals surface area contributed by atoms with Crippen molar-refractivity contribution in [3.8, 4) is 11.8 Å². The summed E-state index contributed by atoms with van der Waals surface area (Å²) in [6.07, 6.45) is 0. The van der Waals surface area contributed by atoms with Gasteiger partial charge in [-0.3, -0.25) is 4.18 Å². The first-order valence-corrected chi connectivity index (χ1v) is 8.62. The molecule has 0 radical (unpaired) electrons. The molecule has 0 heterocycles. The maximum absolute atomic E-state index is 12.7. The molecule has 4 nitrogen and oxygen atoms in total. The van der Waals surface area contributed by atoms with Gasteiger partial charge in [0, 0.05) is 0 Å². The Bertz CT molecular complexity index is 816. The Kier molecular flexibility index (Phi) is 6.50. The van der Waals surface area contributed by atoms with Crippen LogP contribution in [0.5, 0.6) is 0 Å². The van der Waals surface area contributed by atoms with E-state index in [9.17, 15) is 12.8 Å². The molecule has 0 bridgehead atoms. The minimum atomic E-state index is -3.80. The second-order valence-corrected chi connectivity index (χ2v) is 6.62. The first-order chi connectivity index (χ1) is 11.5. The minimum Gasteiger partial charge on any atom is -0.364 e. The predicted octanol–water partition coefficient (Wildman–Crippen LogP) is 3.06. The van der Waals surface area contributed by atoms with Crippen molar-refractivity contribution in [2.75, 3.05) is 13.2 Å².